The zero-order valence-electron chi connectivity index (χ0n) is 12.9. The number of hydrogen-bond donors (Lipinski definition) is 1. The van der Waals surface area contributed by atoms with Crippen molar-refractivity contribution in [1.82, 2.24) is 0 Å². The quantitative estimate of drug-likeness (QED) is 0.673. The summed E-state index contributed by atoms with van der Waals surface area (Å²) >= 11 is 0. The molecule has 0 saturated heterocycles. The van der Waals surface area contributed by atoms with Crippen molar-refractivity contribution in [3.8, 4) is 11.5 Å². The number of hydrogen-bond acceptors (Lipinski definition) is 5. The molecule has 0 fully saturated rings. The van der Waals surface area contributed by atoms with E-state index < -0.39 is 4.92 Å². The average molecular weight is 328 g/mol. The first-order valence-electron chi connectivity index (χ1n) is 7.54. The lowest BCUT2D eigenvalue weighted by Crippen LogP contribution is -2.15. The molecule has 1 aliphatic heterocycles. The third-order valence-electron chi connectivity index (χ3n) is 3.59. The summed E-state index contributed by atoms with van der Waals surface area (Å²) in [6, 6.07) is 11.5. The third kappa shape index (κ3) is 3.81. The van der Waals surface area contributed by atoms with Crippen LogP contribution in [0.15, 0.2) is 42.5 Å². The van der Waals surface area contributed by atoms with Crippen LogP contribution in [0, 0.1) is 10.1 Å². The van der Waals surface area contributed by atoms with Crippen molar-refractivity contribution < 1.29 is 19.2 Å². The Labute approximate surface area is 138 Å². The summed E-state index contributed by atoms with van der Waals surface area (Å²) in [5, 5.41) is 13.4. The summed E-state index contributed by atoms with van der Waals surface area (Å²) in [6.07, 6.45) is 0.805. The predicted molar refractivity (Wildman–Crippen MR) is 87.5 cm³/mol. The lowest BCUT2D eigenvalue weighted by molar-refractivity contribution is -0.384. The van der Waals surface area contributed by atoms with Crippen molar-refractivity contribution in [2.45, 2.75) is 12.8 Å². The fourth-order valence-electron chi connectivity index (χ4n) is 2.42. The molecule has 0 aliphatic carbocycles. The molecule has 1 N–H and O–H groups in total. The number of ether oxygens (including phenoxy) is 2. The van der Waals surface area contributed by atoms with Crippen LogP contribution in [0.1, 0.15) is 12.0 Å². The number of amides is 1. The van der Waals surface area contributed by atoms with E-state index in [4.69, 9.17) is 9.47 Å². The molecule has 1 aliphatic rings. The lowest BCUT2D eigenvalue weighted by atomic mass is 10.1. The van der Waals surface area contributed by atoms with Gasteiger partial charge in [-0.1, -0.05) is 12.1 Å². The number of non-ortho nitro benzene ring substituents is 1. The number of nitrogens with zero attached hydrogens (tertiary/aromatic N) is 1. The summed E-state index contributed by atoms with van der Waals surface area (Å²) < 4.78 is 11.0. The van der Waals surface area contributed by atoms with E-state index in [0.29, 0.717) is 36.8 Å². The molecule has 2 aromatic carbocycles. The fraction of sp³-hybridized carbons (Fsp3) is 0.235. The van der Waals surface area contributed by atoms with Gasteiger partial charge in [0, 0.05) is 24.2 Å². The highest BCUT2D eigenvalue weighted by Crippen LogP contribution is 2.31. The highest BCUT2D eigenvalue weighted by atomic mass is 16.6. The second kappa shape index (κ2) is 6.99. The van der Waals surface area contributed by atoms with Gasteiger partial charge >= 0.3 is 0 Å². The van der Waals surface area contributed by atoms with Crippen molar-refractivity contribution in [3.63, 3.8) is 0 Å². The fourth-order valence-corrected chi connectivity index (χ4v) is 2.42. The topological polar surface area (TPSA) is 90.7 Å². The second-order valence-corrected chi connectivity index (χ2v) is 5.33. The Bertz CT molecular complexity index is 775. The molecule has 0 aromatic heterocycles. The van der Waals surface area contributed by atoms with Gasteiger partial charge < -0.3 is 14.8 Å². The van der Waals surface area contributed by atoms with Crippen molar-refractivity contribution in [2.24, 2.45) is 0 Å². The van der Waals surface area contributed by atoms with E-state index in [1.165, 1.54) is 18.2 Å². The van der Waals surface area contributed by atoms with Gasteiger partial charge in [-0.2, -0.15) is 0 Å². The number of nitro benzene ring substituents is 1. The molecular formula is C17H16N2O5. The first kappa shape index (κ1) is 15.8. The number of anilines is 1. The maximum Gasteiger partial charge on any atom is 0.271 e. The van der Waals surface area contributed by atoms with Crippen molar-refractivity contribution in [2.75, 3.05) is 18.5 Å². The maximum atomic E-state index is 12.0. The first-order chi connectivity index (χ1) is 11.6. The van der Waals surface area contributed by atoms with Crippen LogP contribution in [0.2, 0.25) is 0 Å². The van der Waals surface area contributed by atoms with Gasteiger partial charge in [-0.05, 0) is 30.2 Å². The molecule has 1 amide bonds. The summed E-state index contributed by atoms with van der Waals surface area (Å²) in [4.78, 5) is 22.3. The molecule has 0 unspecified atom stereocenters. The van der Waals surface area contributed by atoms with Gasteiger partial charge in [-0.3, -0.25) is 14.9 Å². The number of rotatable bonds is 5. The van der Waals surface area contributed by atoms with E-state index in [0.717, 1.165) is 5.56 Å². The molecule has 3 rings (SSSR count). The molecule has 1 heterocycles. The number of benzene rings is 2. The molecular weight excluding hydrogens is 312 g/mol. The zero-order chi connectivity index (χ0) is 16.9. The standard InChI is InChI=1S/C17H16N2O5/c20-17(18-13-2-1-3-14(11-13)19(21)22)7-5-12-4-6-15-16(10-12)24-9-8-23-15/h1-4,6,10-11H,5,7-9H2,(H,18,20). The summed E-state index contributed by atoms with van der Waals surface area (Å²) in [6.45, 7) is 1.06. The molecule has 7 nitrogen and oxygen atoms in total. The van der Waals surface area contributed by atoms with Gasteiger partial charge in [-0.15, -0.1) is 0 Å². The van der Waals surface area contributed by atoms with E-state index in [9.17, 15) is 14.9 Å². The molecule has 0 bridgehead atoms. The molecule has 0 atom stereocenters. The second-order valence-electron chi connectivity index (χ2n) is 5.33. The van der Waals surface area contributed by atoms with Gasteiger partial charge in [0.05, 0.1) is 4.92 Å². The van der Waals surface area contributed by atoms with Gasteiger partial charge in [-0.25, -0.2) is 0 Å². The minimum Gasteiger partial charge on any atom is -0.486 e. The van der Waals surface area contributed by atoms with Crippen molar-refractivity contribution in [3.05, 3.63) is 58.1 Å². The molecule has 124 valence electrons. The third-order valence-corrected chi connectivity index (χ3v) is 3.59. The Hall–Kier alpha value is -3.09. The molecule has 2 aromatic rings. The van der Waals surface area contributed by atoms with E-state index in [1.807, 2.05) is 18.2 Å². The predicted octanol–water partition coefficient (Wildman–Crippen LogP) is 2.94. The van der Waals surface area contributed by atoms with Gasteiger partial charge in [0.15, 0.2) is 11.5 Å². The summed E-state index contributed by atoms with van der Waals surface area (Å²) in [7, 11) is 0. The maximum absolute atomic E-state index is 12.0. The summed E-state index contributed by atoms with van der Waals surface area (Å²) in [5.41, 5.74) is 1.32. The SMILES string of the molecule is O=C(CCc1ccc2c(c1)OCCO2)Nc1cccc([N+](=O)[O-])c1. The largest absolute Gasteiger partial charge is 0.486 e. The Balaban J connectivity index is 1.57. The average Bonchev–Trinajstić information content (AvgIpc) is 2.60. The number of carbonyl (C=O) groups excluding carboxylic acids is 1. The highest BCUT2D eigenvalue weighted by molar-refractivity contribution is 5.91. The van der Waals surface area contributed by atoms with E-state index in [1.54, 1.807) is 6.07 Å². The normalized spacial score (nSPS) is 12.5. The van der Waals surface area contributed by atoms with Crippen molar-refractivity contribution >= 4 is 17.3 Å². The van der Waals surface area contributed by atoms with Crippen LogP contribution in [0.3, 0.4) is 0 Å². The molecule has 24 heavy (non-hydrogen) atoms. The van der Waals surface area contributed by atoms with Crippen LogP contribution >= 0.6 is 0 Å². The lowest BCUT2D eigenvalue weighted by Gasteiger charge is -2.18. The monoisotopic (exact) mass is 328 g/mol. The van der Waals surface area contributed by atoms with E-state index in [-0.39, 0.29) is 18.0 Å². The minimum absolute atomic E-state index is 0.0559. The zero-order valence-corrected chi connectivity index (χ0v) is 12.9. The Kier molecular flexibility index (Phi) is 4.60. The van der Waals surface area contributed by atoms with Crippen LogP contribution in [0.5, 0.6) is 11.5 Å². The number of nitro groups is 1. The van der Waals surface area contributed by atoms with Gasteiger partial charge in [0.1, 0.15) is 13.2 Å². The summed E-state index contributed by atoms with van der Waals surface area (Å²) in [5.74, 6) is 1.20. The number of fused-ring (bicyclic) bond motifs is 1. The molecule has 7 heteroatoms. The van der Waals surface area contributed by atoms with Crippen LogP contribution in [-0.4, -0.2) is 24.0 Å². The van der Waals surface area contributed by atoms with Crippen LogP contribution in [-0.2, 0) is 11.2 Å². The van der Waals surface area contributed by atoms with Crippen LogP contribution < -0.4 is 14.8 Å². The Morgan fingerprint density at radius 2 is 1.92 bits per heavy atom. The Morgan fingerprint density at radius 1 is 1.12 bits per heavy atom. The number of nitrogens with one attached hydrogen (secondary N) is 1. The van der Waals surface area contributed by atoms with Crippen molar-refractivity contribution in [1.29, 1.82) is 0 Å². The van der Waals surface area contributed by atoms with Crippen LogP contribution in [0.25, 0.3) is 0 Å². The first-order valence-corrected chi connectivity index (χ1v) is 7.54. The van der Waals surface area contributed by atoms with E-state index in [2.05, 4.69) is 5.32 Å². The smallest absolute Gasteiger partial charge is 0.271 e. The molecule has 0 spiro atoms. The molecule has 0 radical (unpaired) electrons. The van der Waals surface area contributed by atoms with E-state index >= 15 is 0 Å². The van der Waals surface area contributed by atoms with Gasteiger partial charge in [0.25, 0.3) is 5.69 Å². The highest BCUT2D eigenvalue weighted by Gasteiger charge is 2.13. The Morgan fingerprint density at radius 3 is 2.71 bits per heavy atom. The number of aryl methyl sites for hydroxylation is 1. The minimum atomic E-state index is -0.495. The molecule has 0 saturated carbocycles. The number of carbonyl (C=O) groups is 1. The van der Waals surface area contributed by atoms with Gasteiger partial charge in [0.2, 0.25) is 5.91 Å². The van der Waals surface area contributed by atoms with Crippen LogP contribution in [0.4, 0.5) is 11.4 Å².